The van der Waals surface area contributed by atoms with E-state index in [0.717, 1.165) is 18.2 Å². The first-order chi connectivity index (χ1) is 13.6. The van der Waals surface area contributed by atoms with E-state index in [1.807, 2.05) is 0 Å². The molecule has 3 aromatic rings. The molecular weight excluding hydrogens is 434 g/mol. The lowest BCUT2D eigenvalue weighted by molar-refractivity contribution is -0.137. The molecule has 0 unspecified atom stereocenters. The summed E-state index contributed by atoms with van der Waals surface area (Å²) in [5, 5.41) is 8.81. The number of carboxylic acid groups (broad SMARTS) is 1. The topological polar surface area (TPSA) is 68.7 Å². The molecule has 0 saturated heterocycles. The van der Waals surface area contributed by atoms with E-state index in [9.17, 15) is 18.0 Å². The average molecular weight is 444 g/mol. The van der Waals surface area contributed by atoms with Gasteiger partial charge in [0.1, 0.15) is 17.2 Å². The Morgan fingerprint density at radius 3 is 2.07 bits per heavy atom. The number of nitrogens with zero attached hydrogens (tertiary/aromatic N) is 1. The number of pyridine rings is 1. The normalized spacial score (nSPS) is 11.2. The van der Waals surface area contributed by atoms with Crippen molar-refractivity contribution in [1.29, 1.82) is 0 Å². The molecule has 0 amide bonds. The molecular formula is C19H10Cl2F3NO4. The zero-order valence-electron chi connectivity index (χ0n) is 14.2. The molecule has 0 aliphatic carbocycles. The highest BCUT2D eigenvalue weighted by Gasteiger charge is 2.31. The molecule has 0 radical (unpaired) electrons. The third-order valence-electron chi connectivity index (χ3n) is 3.56. The van der Waals surface area contributed by atoms with Crippen molar-refractivity contribution in [2.24, 2.45) is 0 Å². The van der Waals surface area contributed by atoms with Crippen molar-refractivity contribution < 1.29 is 32.5 Å². The van der Waals surface area contributed by atoms with Crippen molar-refractivity contribution in [3.8, 4) is 23.1 Å². The van der Waals surface area contributed by atoms with E-state index in [4.69, 9.17) is 37.8 Å². The molecule has 1 aromatic heterocycles. The van der Waals surface area contributed by atoms with Crippen molar-refractivity contribution in [3.63, 3.8) is 0 Å². The highest BCUT2D eigenvalue weighted by atomic mass is 35.5. The van der Waals surface area contributed by atoms with Gasteiger partial charge >= 0.3 is 12.1 Å². The van der Waals surface area contributed by atoms with E-state index >= 15 is 0 Å². The van der Waals surface area contributed by atoms with E-state index in [0.29, 0.717) is 11.5 Å². The summed E-state index contributed by atoms with van der Waals surface area (Å²) >= 11 is 11.6. The van der Waals surface area contributed by atoms with Gasteiger partial charge in [-0.15, -0.1) is 0 Å². The number of hydrogen-bond donors (Lipinski definition) is 1. The lowest BCUT2D eigenvalue weighted by atomic mass is 10.2. The third kappa shape index (κ3) is 5.10. The van der Waals surface area contributed by atoms with E-state index in [1.54, 1.807) is 0 Å². The fourth-order valence-electron chi connectivity index (χ4n) is 2.21. The molecule has 10 heteroatoms. The first kappa shape index (κ1) is 20.8. The van der Waals surface area contributed by atoms with E-state index in [-0.39, 0.29) is 27.4 Å². The lowest BCUT2D eigenvalue weighted by Crippen LogP contribution is -2.04. The molecule has 0 aliphatic heterocycles. The van der Waals surface area contributed by atoms with Gasteiger partial charge in [0.15, 0.2) is 5.69 Å². The van der Waals surface area contributed by atoms with E-state index < -0.39 is 17.7 Å². The number of halogens is 5. The van der Waals surface area contributed by atoms with Crippen molar-refractivity contribution >= 4 is 29.2 Å². The Hall–Kier alpha value is -2.97. The molecule has 5 nitrogen and oxygen atoms in total. The highest BCUT2D eigenvalue weighted by Crippen LogP contribution is 2.36. The number of rotatable bonds is 5. The van der Waals surface area contributed by atoms with Crippen molar-refractivity contribution in [2.75, 3.05) is 0 Å². The van der Waals surface area contributed by atoms with Gasteiger partial charge in [0.2, 0.25) is 5.88 Å². The first-order valence-corrected chi connectivity index (χ1v) is 8.61. The molecule has 0 atom stereocenters. The maximum absolute atomic E-state index is 12.7. The van der Waals surface area contributed by atoms with Gasteiger partial charge in [0.25, 0.3) is 0 Å². The second kappa shape index (κ2) is 8.18. The van der Waals surface area contributed by atoms with Crippen molar-refractivity contribution in [2.45, 2.75) is 6.18 Å². The van der Waals surface area contributed by atoms with Crippen LogP contribution < -0.4 is 9.47 Å². The second-order valence-corrected chi connectivity index (χ2v) is 6.42. The third-order valence-corrected chi connectivity index (χ3v) is 4.16. The molecule has 2 aromatic carbocycles. The average Bonchev–Trinajstić information content (AvgIpc) is 2.65. The van der Waals surface area contributed by atoms with Crippen LogP contribution >= 0.6 is 23.2 Å². The van der Waals surface area contributed by atoms with Crippen LogP contribution in [0.3, 0.4) is 0 Å². The molecule has 0 bridgehead atoms. The van der Waals surface area contributed by atoms with Crippen LogP contribution in [-0.4, -0.2) is 16.1 Å². The minimum absolute atomic E-state index is 0.0197. The molecule has 1 N–H and O–H groups in total. The summed E-state index contributed by atoms with van der Waals surface area (Å²) in [5.41, 5.74) is -1.23. The zero-order chi connectivity index (χ0) is 21.2. The Morgan fingerprint density at radius 2 is 1.52 bits per heavy atom. The Labute approximate surface area is 172 Å². The van der Waals surface area contributed by atoms with Gasteiger partial charge in [0, 0.05) is 6.07 Å². The van der Waals surface area contributed by atoms with Gasteiger partial charge < -0.3 is 14.6 Å². The minimum atomic E-state index is -4.50. The van der Waals surface area contributed by atoms with Crippen molar-refractivity contribution in [1.82, 2.24) is 4.98 Å². The molecule has 3 rings (SSSR count). The summed E-state index contributed by atoms with van der Waals surface area (Å²) in [6.07, 6.45) is -4.50. The van der Waals surface area contributed by atoms with Gasteiger partial charge in [0.05, 0.1) is 15.6 Å². The monoisotopic (exact) mass is 443 g/mol. The molecule has 1 heterocycles. The predicted molar refractivity (Wildman–Crippen MR) is 99.3 cm³/mol. The fourth-order valence-corrected chi connectivity index (χ4v) is 2.62. The SMILES string of the molecule is O=C(O)c1nc(Oc2ccc(Oc3ccc(C(F)(F)F)cc3Cl)cc2)ccc1Cl. The molecule has 0 saturated carbocycles. The maximum Gasteiger partial charge on any atom is 0.416 e. The van der Waals surface area contributed by atoms with Gasteiger partial charge in [-0.05, 0) is 48.5 Å². The smallest absolute Gasteiger partial charge is 0.416 e. The number of hydrogen-bond acceptors (Lipinski definition) is 4. The number of ether oxygens (including phenoxy) is 2. The number of carboxylic acids is 1. The highest BCUT2D eigenvalue weighted by molar-refractivity contribution is 6.33. The second-order valence-electron chi connectivity index (χ2n) is 5.60. The summed E-state index contributed by atoms with van der Waals surface area (Å²) in [7, 11) is 0. The van der Waals surface area contributed by atoms with Crippen LogP contribution in [0, 0.1) is 0 Å². The summed E-state index contributed by atoms with van der Waals surface area (Å²) in [5.74, 6) is -0.598. The number of alkyl halides is 3. The summed E-state index contributed by atoms with van der Waals surface area (Å²) in [6, 6.07) is 11.5. The molecule has 0 spiro atoms. The largest absolute Gasteiger partial charge is 0.476 e. The molecule has 0 aliphatic rings. The minimum Gasteiger partial charge on any atom is -0.476 e. The van der Waals surface area contributed by atoms with Gasteiger partial charge in [-0.3, -0.25) is 0 Å². The Morgan fingerprint density at radius 1 is 0.897 bits per heavy atom. The Bertz CT molecular complexity index is 1060. The predicted octanol–water partition coefficient (Wildman–Crippen LogP) is 6.69. The molecule has 29 heavy (non-hydrogen) atoms. The fraction of sp³-hybridized carbons (Fsp3) is 0.0526. The zero-order valence-corrected chi connectivity index (χ0v) is 15.7. The quantitative estimate of drug-likeness (QED) is 0.475. The number of aromatic carboxylic acids is 1. The first-order valence-electron chi connectivity index (χ1n) is 7.86. The van der Waals surface area contributed by atoms with Gasteiger partial charge in [-0.25, -0.2) is 9.78 Å². The van der Waals surface area contributed by atoms with E-state index in [2.05, 4.69) is 4.98 Å². The Balaban J connectivity index is 1.73. The lowest BCUT2D eigenvalue weighted by Gasteiger charge is -2.11. The summed E-state index contributed by atoms with van der Waals surface area (Å²) in [4.78, 5) is 14.9. The van der Waals surface area contributed by atoms with Crippen LogP contribution in [0.5, 0.6) is 23.1 Å². The number of carbonyl (C=O) groups is 1. The van der Waals surface area contributed by atoms with Crippen LogP contribution in [0.4, 0.5) is 13.2 Å². The van der Waals surface area contributed by atoms with Crippen LogP contribution in [0.1, 0.15) is 16.1 Å². The standard InChI is InChI=1S/C19H10Cl2F3NO4/c20-13-6-8-16(25-17(13)18(26)27)29-12-4-2-11(3-5-12)28-15-7-1-10(9-14(15)21)19(22,23)24/h1-9H,(H,26,27). The summed E-state index contributed by atoms with van der Waals surface area (Å²) < 4.78 is 49.0. The van der Waals surface area contributed by atoms with Gasteiger partial charge in [-0.2, -0.15) is 13.2 Å². The maximum atomic E-state index is 12.7. The van der Waals surface area contributed by atoms with Crippen molar-refractivity contribution in [3.05, 3.63) is 75.9 Å². The molecule has 0 fully saturated rings. The van der Waals surface area contributed by atoms with E-state index in [1.165, 1.54) is 36.4 Å². The van der Waals surface area contributed by atoms with Crippen LogP contribution in [-0.2, 0) is 6.18 Å². The van der Waals surface area contributed by atoms with Crippen LogP contribution in [0.15, 0.2) is 54.6 Å². The Kier molecular flexibility index (Phi) is 5.86. The van der Waals surface area contributed by atoms with Crippen LogP contribution in [0.25, 0.3) is 0 Å². The van der Waals surface area contributed by atoms with Crippen LogP contribution in [0.2, 0.25) is 10.0 Å². The number of aromatic nitrogens is 1. The number of benzene rings is 2. The summed E-state index contributed by atoms with van der Waals surface area (Å²) in [6.45, 7) is 0. The van der Waals surface area contributed by atoms with Gasteiger partial charge in [-0.1, -0.05) is 23.2 Å². The molecule has 150 valence electrons.